The van der Waals surface area contributed by atoms with Crippen LogP contribution >= 0.6 is 0 Å². The van der Waals surface area contributed by atoms with Crippen LogP contribution in [0.3, 0.4) is 0 Å². The van der Waals surface area contributed by atoms with Crippen molar-refractivity contribution in [3.63, 3.8) is 0 Å². The van der Waals surface area contributed by atoms with Crippen LogP contribution in [0.25, 0.3) is 0 Å². The van der Waals surface area contributed by atoms with Crippen LogP contribution in [0.15, 0.2) is 0 Å². The minimum Gasteiger partial charge on any atom is 0 e. The zero-order valence-electron chi connectivity index (χ0n) is 2.50. The van der Waals surface area contributed by atoms with Gasteiger partial charge in [0.15, 0.2) is 17.4 Å². The average molecular weight is 209 g/mol. The Balaban J connectivity index is 0. The van der Waals surface area contributed by atoms with Crippen LogP contribution in [0.5, 0.6) is 0 Å². The van der Waals surface area contributed by atoms with Crippen molar-refractivity contribution in [2.75, 3.05) is 0 Å². The molecule has 0 saturated carbocycles. The molecule has 0 radical (unpaired) electrons. The van der Waals surface area contributed by atoms with E-state index in [0.717, 1.165) is 0 Å². The second kappa shape index (κ2) is 17.4. The van der Waals surface area contributed by atoms with Crippen LogP contribution in [0, 0.1) is 0 Å². The van der Waals surface area contributed by atoms with Crippen LogP contribution in [0.4, 0.5) is 0 Å². The predicted octanol–water partition coefficient (Wildman–Crippen LogP) is -5.52. The third-order valence-corrected chi connectivity index (χ3v) is 0. The summed E-state index contributed by atoms with van der Waals surface area (Å²) in [5.74, 6) is 0. The Bertz CT molecular complexity index is 11.6. The predicted molar refractivity (Wildman–Crippen MR) is 22.4 cm³/mol. The van der Waals surface area contributed by atoms with Gasteiger partial charge in [0, 0.05) is 21.7 Å². The molecule has 0 N–H and O–H groups in total. The summed E-state index contributed by atoms with van der Waals surface area (Å²) in [4.78, 5) is 0. The fraction of sp³-hybridized carbons (Fsp3) is 0. The Morgan fingerprint density at radius 2 is 1.25 bits per heavy atom. The summed E-state index contributed by atoms with van der Waals surface area (Å²) in [6, 6.07) is 0. The molecular formula is H8AlLiSnTi. The van der Waals surface area contributed by atoms with Gasteiger partial charge in [-0.2, -0.15) is 0 Å². The van der Waals surface area contributed by atoms with Gasteiger partial charge in [-0.25, -0.2) is 0 Å². The zero-order valence-corrected chi connectivity index (χ0v) is 3.06. The quantitative estimate of drug-likeness (QED) is 0.349. The number of rotatable bonds is 0. The molecule has 0 heterocycles. The Kier molecular flexibility index (Phi) is 132. The molecule has 0 aromatic carbocycles. The van der Waals surface area contributed by atoms with E-state index < -0.39 is 0 Å². The molecule has 0 aliphatic heterocycles. The van der Waals surface area contributed by atoms with E-state index in [1.54, 1.807) is 0 Å². The molecule has 0 aliphatic carbocycles. The van der Waals surface area contributed by atoms with Gasteiger partial charge in [-0.1, -0.05) is 0 Å². The van der Waals surface area contributed by atoms with E-state index in [2.05, 4.69) is 0 Å². The molecule has 0 spiro atoms. The maximum Gasteiger partial charge on any atom is 0 e. The van der Waals surface area contributed by atoms with Crippen LogP contribution < -0.4 is 18.9 Å². The van der Waals surface area contributed by atoms with Crippen LogP contribution in [0.2, 0.25) is 0 Å². The van der Waals surface area contributed by atoms with E-state index in [9.17, 15) is 0 Å². The van der Waals surface area contributed by atoms with Crippen molar-refractivity contribution in [1.82, 2.24) is 0 Å². The van der Waals surface area contributed by atoms with Gasteiger partial charge in [0.2, 0.25) is 0 Å². The van der Waals surface area contributed by atoms with Gasteiger partial charge in [-0.05, 0) is 0 Å². The molecule has 0 fully saturated rings. The summed E-state index contributed by atoms with van der Waals surface area (Å²) < 4.78 is 0. The van der Waals surface area contributed by atoms with Crippen LogP contribution in [-0.4, -0.2) is 41.3 Å². The van der Waals surface area contributed by atoms with Gasteiger partial charge in [-0.15, -0.1) is 0 Å². The number of hydrogen-bond donors (Lipinski definition) is 0. The van der Waals surface area contributed by atoms with E-state index in [4.69, 9.17) is 0 Å². The summed E-state index contributed by atoms with van der Waals surface area (Å²) in [6.45, 7) is 0. The molecule has 0 aliphatic rings. The van der Waals surface area contributed by atoms with Crippen molar-refractivity contribution in [2.24, 2.45) is 0 Å². The van der Waals surface area contributed by atoms with Crippen molar-refractivity contribution >= 4 is 41.3 Å². The van der Waals surface area contributed by atoms with Crippen molar-refractivity contribution in [2.45, 2.75) is 0 Å². The van der Waals surface area contributed by atoms with Gasteiger partial charge in [0.25, 0.3) is 0 Å². The molecule has 4 heteroatoms. The van der Waals surface area contributed by atoms with Gasteiger partial charge in [0.1, 0.15) is 0 Å². The van der Waals surface area contributed by atoms with E-state index in [1.165, 1.54) is 0 Å². The molecule has 0 rings (SSSR count). The first kappa shape index (κ1) is 30.3. The summed E-state index contributed by atoms with van der Waals surface area (Å²) in [5.41, 5.74) is 0. The molecule has 0 aromatic heterocycles. The summed E-state index contributed by atoms with van der Waals surface area (Å²) >= 11 is 0. The third-order valence-electron chi connectivity index (χ3n) is 0. The maximum absolute atomic E-state index is 0. The molecule has 20 valence electrons. The van der Waals surface area contributed by atoms with Gasteiger partial charge in [0.05, 0.1) is 0 Å². The fourth-order valence-corrected chi connectivity index (χ4v) is 0. The first-order valence-corrected chi connectivity index (χ1v) is 0. The van der Waals surface area contributed by atoms with Crippen molar-refractivity contribution in [3.05, 3.63) is 0 Å². The van der Waals surface area contributed by atoms with Gasteiger partial charge >= 0.3 is 42.8 Å². The molecule has 0 amide bonds. The summed E-state index contributed by atoms with van der Waals surface area (Å²) in [7, 11) is 0. The molecule has 0 nitrogen and oxygen atoms in total. The Hall–Kier alpha value is 2.64. The monoisotopic (exact) mass is 210 g/mol. The Labute approximate surface area is 82.1 Å². The molecule has 0 atom stereocenters. The first-order chi connectivity index (χ1) is 0. The summed E-state index contributed by atoms with van der Waals surface area (Å²) in [5, 5.41) is 0. The van der Waals surface area contributed by atoms with E-state index in [1.807, 2.05) is 0 Å². The summed E-state index contributed by atoms with van der Waals surface area (Å²) in [6.07, 6.45) is 0. The molecular weight excluding hydrogens is 201 g/mol. The van der Waals surface area contributed by atoms with E-state index in [-0.39, 0.29) is 83.3 Å². The Morgan fingerprint density at radius 3 is 1.25 bits per heavy atom. The standard InChI is InChI=1S/Al.Li.Sn.Ti.8H/q;+1;;;;;;;;;;-1. The third kappa shape index (κ3) is 8.82. The topological polar surface area (TPSA) is 0 Å². The van der Waals surface area contributed by atoms with Crippen molar-refractivity contribution in [3.8, 4) is 0 Å². The minimum absolute atomic E-state index is 0. The van der Waals surface area contributed by atoms with Crippen LogP contribution in [0.1, 0.15) is 1.43 Å². The molecule has 0 aromatic rings. The SMILES string of the molecule is [AlH3].[H-].[Li+].[SnH4].[Ti]. The normalized spacial score (nSPS) is 0. The molecule has 0 unspecified atom stereocenters. The van der Waals surface area contributed by atoms with Gasteiger partial charge in [-0.3, -0.25) is 0 Å². The second-order valence-electron chi connectivity index (χ2n) is 0. The van der Waals surface area contributed by atoms with E-state index >= 15 is 0 Å². The molecule has 4 heavy (non-hydrogen) atoms. The van der Waals surface area contributed by atoms with E-state index in [0.29, 0.717) is 0 Å². The minimum atomic E-state index is 0. The molecule has 0 saturated heterocycles. The van der Waals surface area contributed by atoms with Crippen molar-refractivity contribution < 1.29 is 42.0 Å². The smallest absolute Gasteiger partial charge is 0 e. The van der Waals surface area contributed by atoms with Gasteiger partial charge < -0.3 is 1.43 Å². The number of hydrogen-bond acceptors (Lipinski definition) is 0. The largest absolute Gasteiger partial charge is 0 e. The maximum atomic E-state index is 0. The Morgan fingerprint density at radius 1 is 1.25 bits per heavy atom. The second-order valence-corrected chi connectivity index (χ2v) is 0. The van der Waals surface area contributed by atoms with Crippen LogP contribution in [-0.2, 0) is 21.7 Å². The fourth-order valence-electron chi connectivity index (χ4n) is 0. The first-order valence-electron chi connectivity index (χ1n) is 0. The molecule has 0 bridgehead atoms. The van der Waals surface area contributed by atoms with Crippen molar-refractivity contribution in [1.29, 1.82) is 0 Å². The average Bonchev–Trinajstić information content (AvgIpc) is 0. The zero-order chi connectivity index (χ0) is 0.